The highest BCUT2D eigenvalue weighted by molar-refractivity contribution is 7.09. The van der Waals surface area contributed by atoms with Gasteiger partial charge >= 0.3 is 0 Å². The summed E-state index contributed by atoms with van der Waals surface area (Å²) in [4.78, 5) is 4.29. The smallest absolute Gasteiger partial charge is 0.109 e. The van der Waals surface area contributed by atoms with E-state index in [0.717, 1.165) is 37.7 Å². The van der Waals surface area contributed by atoms with Gasteiger partial charge in [-0.1, -0.05) is 0 Å². The molecule has 0 spiro atoms. The summed E-state index contributed by atoms with van der Waals surface area (Å²) in [7, 11) is 0. The predicted octanol–water partition coefficient (Wildman–Crippen LogP) is 1.17. The number of hydrogen-bond donors (Lipinski definition) is 2. The van der Waals surface area contributed by atoms with E-state index < -0.39 is 0 Å². The van der Waals surface area contributed by atoms with E-state index in [1.807, 2.05) is 11.6 Å². The molecular formula is C11H19N3OS. The predicted molar refractivity (Wildman–Crippen MR) is 65.8 cm³/mol. The van der Waals surface area contributed by atoms with E-state index in [9.17, 15) is 0 Å². The summed E-state index contributed by atoms with van der Waals surface area (Å²) in [5.41, 5.74) is 0. The fraction of sp³-hybridized carbons (Fsp3) is 0.727. The molecule has 2 rings (SSSR count). The van der Waals surface area contributed by atoms with Gasteiger partial charge in [0.25, 0.3) is 0 Å². The highest BCUT2D eigenvalue weighted by Gasteiger charge is 2.13. The van der Waals surface area contributed by atoms with Crippen LogP contribution >= 0.6 is 11.3 Å². The molecular weight excluding hydrogens is 222 g/mol. The van der Waals surface area contributed by atoms with E-state index in [4.69, 9.17) is 4.74 Å². The van der Waals surface area contributed by atoms with Crippen LogP contribution in [0.4, 0.5) is 0 Å². The van der Waals surface area contributed by atoms with Gasteiger partial charge in [-0.15, -0.1) is 11.3 Å². The van der Waals surface area contributed by atoms with Crippen LogP contribution < -0.4 is 10.6 Å². The van der Waals surface area contributed by atoms with Gasteiger partial charge in [-0.05, 0) is 19.9 Å². The lowest BCUT2D eigenvalue weighted by atomic mass is 10.2. The van der Waals surface area contributed by atoms with E-state index in [1.165, 1.54) is 0 Å². The molecule has 0 saturated carbocycles. The normalized spacial score (nSPS) is 23.2. The molecule has 1 aromatic rings. The molecule has 1 saturated heterocycles. The summed E-state index contributed by atoms with van der Waals surface area (Å²) in [6, 6.07) is 0.344. The number of nitrogens with zero attached hydrogens (tertiary/aromatic N) is 1. The van der Waals surface area contributed by atoms with Gasteiger partial charge in [0, 0.05) is 24.7 Å². The fourth-order valence-corrected chi connectivity index (χ4v) is 2.47. The Hall–Kier alpha value is -0.490. The molecule has 16 heavy (non-hydrogen) atoms. The Kier molecular flexibility index (Phi) is 4.71. The minimum atomic E-state index is 0.344. The summed E-state index contributed by atoms with van der Waals surface area (Å²) >= 11 is 1.70. The number of morpholine rings is 1. The van der Waals surface area contributed by atoms with Crippen LogP contribution in [0.2, 0.25) is 0 Å². The largest absolute Gasteiger partial charge is 0.376 e. The van der Waals surface area contributed by atoms with Crippen LogP contribution in [0, 0.1) is 0 Å². The molecule has 0 amide bonds. The van der Waals surface area contributed by atoms with Crippen molar-refractivity contribution in [3.63, 3.8) is 0 Å². The highest BCUT2D eigenvalue weighted by atomic mass is 32.1. The van der Waals surface area contributed by atoms with E-state index >= 15 is 0 Å². The van der Waals surface area contributed by atoms with Crippen molar-refractivity contribution in [3.05, 3.63) is 16.6 Å². The second kappa shape index (κ2) is 6.30. The van der Waals surface area contributed by atoms with E-state index in [1.54, 1.807) is 11.3 Å². The molecule has 90 valence electrons. The third-order valence-corrected chi connectivity index (χ3v) is 3.70. The van der Waals surface area contributed by atoms with Gasteiger partial charge in [0.15, 0.2) is 0 Å². The van der Waals surface area contributed by atoms with Crippen LogP contribution in [0.25, 0.3) is 0 Å². The summed E-state index contributed by atoms with van der Waals surface area (Å²) < 4.78 is 5.63. The second-order valence-electron chi connectivity index (χ2n) is 4.03. The monoisotopic (exact) mass is 241 g/mol. The second-order valence-corrected chi connectivity index (χ2v) is 4.96. The number of thiazole rings is 1. The molecule has 0 radical (unpaired) electrons. The van der Waals surface area contributed by atoms with Crippen molar-refractivity contribution in [1.29, 1.82) is 0 Å². The summed E-state index contributed by atoms with van der Waals surface area (Å²) in [5, 5.41) is 9.98. The number of aromatic nitrogens is 1. The van der Waals surface area contributed by atoms with Crippen molar-refractivity contribution < 1.29 is 4.74 Å². The van der Waals surface area contributed by atoms with Crippen LogP contribution in [-0.4, -0.2) is 37.3 Å². The van der Waals surface area contributed by atoms with Crippen LogP contribution in [0.3, 0.4) is 0 Å². The maximum Gasteiger partial charge on any atom is 0.109 e. The Bertz CT molecular complexity index is 285. The summed E-state index contributed by atoms with van der Waals surface area (Å²) in [5.74, 6) is 0. The van der Waals surface area contributed by atoms with Gasteiger partial charge in [-0.25, -0.2) is 4.98 Å². The first-order valence-corrected chi connectivity index (χ1v) is 6.69. The third-order valence-electron chi connectivity index (χ3n) is 2.74. The zero-order chi connectivity index (χ0) is 11.2. The molecule has 2 N–H and O–H groups in total. The zero-order valence-electron chi connectivity index (χ0n) is 9.61. The van der Waals surface area contributed by atoms with E-state index in [0.29, 0.717) is 12.1 Å². The zero-order valence-corrected chi connectivity index (χ0v) is 10.4. The molecule has 1 aromatic heterocycles. The molecule has 0 aliphatic carbocycles. The Labute approximate surface area is 100 Å². The van der Waals surface area contributed by atoms with Gasteiger partial charge in [0.1, 0.15) is 5.01 Å². The van der Waals surface area contributed by atoms with Crippen LogP contribution in [0.1, 0.15) is 24.4 Å². The number of nitrogens with one attached hydrogen (secondary N) is 2. The van der Waals surface area contributed by atoms with Crippen molar-refractivity contribution in [2.75, 3.05) is 26.2 Å². The molecule has 2 unspecified atom stereocenters. The SMILES string of the molecule is CC(NCCC1CNCCO1)c1nccs1. The van der Waals surface area contributed by atoms with Crippen LogP contribution in [0.5, 0.6) is 0 Å². The molecule has 1 aliphatic heterocycles. The first-order chi connectivity index (χ1) is 7.86. The van der Waals surface area contributed by atoms with Gasteiger partial charge in [-0.3, -0.25) is 0 Å². The molecule has 0 bridgehead atoms. The minimum absolute atomic E-state index is 0.344. The number of ether oxygens (including phenoxy) is 1. The summed E-state index contributed by atoms with van der Waals surface area (Å²) in [6.07, 6.45) is 3.28. The molecule has 0 aromatic carbocycles. The lowest BCUT2D eigenvalue weighted by Gasteiger charge is -2.24. The number of hydrogen-bond acceptors (Lipinski definition) is 5. The van der Waals surface area contributed by atoms with Crippen molar-refractivity contribution in [3.8, 4) is 0 Å². The third kappa shape index (κ3) is 3.52. The van der Waals surface area contributed by atoms with Gasteiger partial charge in [-0.2, -0.15) is 0 Å². The van der Waals surface area contributed by atoms with Crippen molar-refractivity contribution in [2.45, 2.75) is 25.5 Å². The molecule has 1 fully saturated rings. The van der Waals surface area contributed by atoms with Gasteiger partial charge < -0.3 is 15.4 Å². The molecule has 4 nitrogen and oxygen atoms in total. The number of rotatable bonds is 5. The highest BCUT2D eigenvalue weighted by Crippen LogP contribution is 2.14. The van der Waals surface area contributed by atoms with Gasteiger partial charge in [0.2, 0.25) is 0 Å². The average molecular weight is 241 g/mol. The molecule has 2 atom stereocenters. The minimum Gasteiger partial charge on any atom is -0.376 e. The fourth-order valence-electron chi connectivity index (χ4n) is 1.80. The summed E-state index contributed by atoms with van der Waals surface area (Å²) in [6.45, 7) is 5.94. The van der Waals surface area contributed by atoms with Crippen LogP contribution in [-0.2, 0) is 4.74 Å². The Morgan fingerprint density at radius 3 is 3.38 bits per heavy atom. The maximum atomic E-state index is 5.63. The van der Waals surface area contributed by atoms with Gasteiger partial charge in [0.05, 0.1) is 18.8 Å². The molecule has 2 heterocycles. The first kappa shape index (κ1) is 12.0. The molecule has 1 aliphatic rings. The Balaban J connectivity index is 1.63. The van der Waals surface area contributed by atoms with Crippen LogP contribution in [0.15, 0.2) is 11.6 Å². The topological polar surface area (TPSA) is 46.2 Å². The lowest BCUT2D eigenvalue weighted by molar-refractivity contribution is 0.0235. The van der Waals surface area contributed by atoms with E-state index in [2.05, 4.69) is 22.5 Å². The standard InChI is InChI=1S/C11H19N3OS/c1-9(11-14-5-7-16-11)13-3-2-10-8-12-4-6-15-10/h5,7,9-10,12-13H,2-4,6,8H2,1H3. The maximum absolute atomic E-state index is 5.63. The lowest BCUT2D eigenvalue weighted by Crippen LogP contribution is -2.40. The van der Waals surface area contributed by atoms with Crippen molar-refractivity contribution >= 4 is 11.3 Å². The van der Waals surface area contributed by atoms with Crippen molar-refractivity contribution in [1.82, 2.24) is 15.6 Å². The quantitative estimate of drug-likeness (QED) is 0.812. The Morgan fingerprint density at radius 1 is 1.75 bits per heavy atom. The first-order valence-electron chi connectivity index (χ1n) is 5.81. The van der Waals surface area contributed by atoms with E-state index in [-0.39, 0.29) is 0 Å². The average Bonchev–Trinajstić information content (AvgIpc) is 2.84. The Morgan fingerprint density at radius 2 is 2.69 bits per heavy atom. The van der Waals surface area contributed by atoms with Crippen molar-refractivity contribution in [2.24, 2.45) is 0 Å². The molecule has 5 heteroatoms.